The molecule has 0 saturated heterocycles. The number of hydrogen-bond donors (Lipinski definition) is 1. The molecule has 1 amide bonds. The van der Waals surface area contributed by atoms with Crippen LogP contribution in [0.5, 0.6) is 5.75 Å². The number of fused-ring (bicyclic) bond motifs is 1. The van der Waals surface area contributed by atoms with E-state index >= 15 is 0 Å². The van der Waals surface area contributed by atoms with Crippen LogP contribution in [0.1, 0.15) is 11.3 Å². The summed E-state index contributed by atoms with van der Waals surface area (Å²) < 4.78 is 7.31. The Hall–Kier alpha value is -2.23. The molecule has 0 bridgehead atoms. The number of aryl methyl sites for hydroxylation is 1. The highest BCUT2D eigenvalue weighted by atomic mass is 16.5. The van der Waals surface area contributed by atoms with Gasteiger partial charge in [-0.2, -0.15) is 0 Å². The van der Waals surface area contributed by atoms with E-state index < -0.39 is 5.91 Å². The Kier molecular flexibility index (Phi) is 3.10. The van der Waals surface area contributed by atoms with E-state index in [1.165, 1.54) is 6.08 Å². The topological polar surface area (TPSA) is 57.2 Å². The lowest BCUT2D eigenvalue weighted by Gasteiger charge is -2.00. The first-order valence-corrected chi connectivity index (χ1v) is 5.65. The van der Waals surface area contributed by atoms with Gasteiger partial charge in [0.2, 0.25) is 5.91 Å². The molecule has 0 aliphatic heterocycles. The molecule has 0 spiro atoms. The van der Waals surface area contributed by atoms with E-state index in [1.54, 1.807) is 13.2 Å². The zero-order valence-corrected chi connectivity index (χ0v) is 10.7. The molecule has 0 aliphatic carbocycles. The maximum atomic E-state index is 10.9. The molecule has 0 saturated carbocycles. The van der Waals surface area contributed by atoms with Gasteiger partial charge >= 0.3 is 0 Å². The number of ether oxygens (including phenoxy) is 1. The van der Waals surface area contributed by atoms with Crippen molar-refractivity contribution in [3.05, 3.63) is 35.5 Å². The molecule has 4 nitrogen and oxygen atoms in total. The van der Waals surface area contributed by atoms with Crippen molar-refractivity contribution in [1.29, 1.82) is 0 Å². The summed E-state index contributed by atoms with van der Waals surface area (Å²) in [4.78, 5) is 10.9. The van der Waals surface area contributed by atoms with Crippen molar-refractivity contribution < 1.29 is 9.53 Å². The van der Waals surface area contributed by atoms with Crippen LogP contribution in [0.3, 0.4) is 0 Å². The highest BCUT2D eigenvalue weighted by Gasteiger charge is 2.10. The summed E-state index contributed by atoms with van der Waals surface area (Å²) in [5.74, 6) is 0.344. The third kappa shape index (κ3) is 1.97. The normalized spacial score (nSPS) is 11.3. The van der Waals surface area contributed by atoms with Gasteiger partial charge in [0, 0.05) is 35.3 Å². The summed E-state index contributed by atoms with van der Waals surface area (Å²) in [6.07, 6.45) is 3.13. The van der Waals surface area contributed by atoms with Gasteiger partial charge in [0.15, 0.2) is 0 Å². The Balaban J connectivity index is 2.70. The van der Waals surface area contributed by atoms with Crippen LogP contribution >= 0.6 is 0 Å². The van der Waals surface area contributed by atoms with Crippen LogP contribution in [0.2, 0.25) is 0 Å². The van der Waals surface area contributed by atoms with Crippen LogP contribution in [0.15, 0.2) is 24.3 Å². The minimum Gasteiger partial charge on any atom is -0.497 e. The van der Waals surface area contributed by atoms with Gasteiger partial charge in [-0.25, -0.2) is 0 Å². The van der Waals surface area contributed by atoms with Crippen molar-refractivity contribution in [2.45, 2.75) is 6.92 Å². The van der Waals surface area contributed by atoms with E-state index in [4.69, 9.17) is 10.5 Å². The van der Waals surface area contributed by atoms with Crippen LogP contribution in [-0.4, -0.2) is 17.6 Å². The Morgan fingerprint density at radius 2 is 2.17 bits per heavy atom. The largest absolute Gasteiger partial charge is 0.497 e. The molecule has 94 valence electrons. The minimum atomic E-state index is -0.450. The maximum absolute atomic E-state index is 10.9. The SMILES string of the molecule is COc1ccc2c(c1)c(/C=C/C(N)=O)c(C)n2C. The number of hydrogen-bond acceptors (Lipinski definition) is 2. The van der Waals surface area contributed by atoms with Gasteiger partial charge in [0.25, 0.3) is 0 Å². The summed E-state index contributed by atoms with van der Waals surface area (Å²) in [6, 6.07) is 5.88. The number of nitrogens with two attached hydrogens (primary N) is 1. The molecule has 0 aliphatic rings. The molecule has 1 aromatic heterocycles. The lowest BCUT2D eigenvalue weighted by Crippen LogP contribution is -2.05. The standard InChI is InChI=1S/C14H16N2O2/c1-9-11(5-7-14(15)17)12-8-10(18-3)4-6-13(12)16(9)2/h4-8H,1-3H3,(H2,15,17)/b7-5+. The zero-order valence-electron chi connectivity index (χ0n) is 10.7. The second-order valence-corrected chi connectivity index (χ2v) is 4.18. The molecule has 2 rings (SSSR count). The van der Waals surface area contributed by atoms with Crippen molar-refractivity contribution in [1.82, 2.24) is 4.57 Å². The highest BCUT2D eigenvalue weighted by Crippen LogP contribution is 2.29. The van der Waals surface area contributed by atoms with Gasteiger partial charge in [-0.3, -0.25) is 4.79 Å². The van der Waals surface area contributed by atoms with Crippen LogP contribution < -0.4 is 10.5 Å². The van der Waals surface area contributed by atoms with Crippen molar-refractivity contribution in [2.75, 3.05) is 7.11 Å². The molecular weight excluding hydrogens is 228 g/mol. The Bertz CT molecular complexity index is 639. The van der Waals surface area contributed by atoms with E-state index in [9.17, 15) is 4.79 Å². The third-order valence-corrected chi connectivity index (χ3v) is 3.16. The zero-order chi connectivity index (χ0) is 13.3. The van der Waals surface area contributed by atoms with Crippen LogP contribution in [0.25, 0.3) is 17.0 Å². The maximum Gasteiger partial charge on any atom is 0.241 e. The quantitative estimate of drug-likeness (QED) is 0.839. The monoisotopic (exact) mass is 244 g/mol. The van der Waals surface area contributed by atoms with Gasteiger partial charge in [-0.1, -0.05) is 0 Å². The molecule has 1 heterocycles. The Morgan fingerprint density at radius 1 is 1.44 bits per heavy atom. The number of aromatic nitrogens is 1. The number of benzene rings is 1. The fraction of sp³-hybridized carbons (Fsp3) is 0.214. The smallest absolute Gasteiger partial charge is 0.241 e. The van der Waals surface area contributed by atoms with E-state index in [0.29, 0.717) is 0 Å². The van der Waals surface area contributed by atoms with Crippen LogP contribution in [-0.2, 0) is 11.8 Å². The molecule has 0 fully saturated rings. The first kappa shape index (κ1) is 12.2. The van der Waals surface area contributed by atoms with E-state index in [0.717, 1.165) is 27.9 Å². The summed E-state index contributed by atoms with van der Waals surface area (Å²) in [5.41, 5.74) is 8.31. The molecule has 2 N–H and O–H groups in total. The van der Waals surface area contributed by atoms with Crippen molar-refractivity contribution in [3.8, 4) is 5.75 Å². The second kappa shape index (κ2) is 4.56. The predicted molar refractivity (Wildman–Crippen MR) is 72.4 cm³/mol. The number of rotatable bonds is 3. The van der Waals surface area contributed by atoms with Gasteiger partial charge in [-0.05, 0) is 31.2 Å². The minimum absolute atomic E-state index is 0.450. The van der Waals surface area contributed by atoms with Gasteiger partial charge in [0.1, 0.15) is 5.75 Å². The number of nitrogens with zero attached hydrogens (tertiary/aromatic N) is 1. The van der Waals surface area contributed by atoms with Gasteiger partial charge in [0.05, 0.1) is 7.11 Å². The fourth-order valence-electron chi connectivity index (χ4n) is 2.08. The fourth-order valence-corrected chi connectivity index (χ4v) is 2.08. The third-order valence-electron chi connectivity index (χ3n) is 3.16. The molecule has 18 heavy (non-hydrogen) atoms. The average molecular weight is 244 g/mol. The predicted octanol–water partition coefficient (Wildman–Crippen LogP) is 1.99. The van der Waals surface area contributed by atoms with Gasteiger partial charge < -0.3 is 15.0 Å². The first-order valence-electron chi connectivity index (χ1n) is 5.65. The highest BCUT2D eigenvalue weighted by molar-refractivity contribution is 5.97. The van der Waals surface area contributed by atoms with Crippen LogP contribution in [0.4, 0.5) is 0 Å². The number of carbonyl (C=O) groups is 1. The number of amides is 1. The Morgan fingerprint density at radius 3 is 2.78 bits per heavy atom. The molecule has 2 aromatic rings. The average Bonchev–Trinajstić information content (AvgIpc) is 2.59. The number of primary amides is 1. The molecular formula is C14H16N2O2. The van der Waals surface area contributed by atoms with Crippen molar-refractivity contribution >= 4 is 22.9 Å². The summed E-state index contributed by atoms with van der Waals surface area (Å²) in [6.45, 7) is 2.01. The number of carbonyl (C=O) groups excluding carboxylic acids is 1. The summed E-state index contributed by atoms with van der Waals surface area (Å²) in [5, 5.41) is 1.05. The van der Waals surface area contributed by atoms with E-state index in [-0.39, 0.29) is 0 Å². The summed E-state index contributed by atoms with van der Waals surface area (Å²) >= 11 is 0. The number of methoxy groups -OCH3 is 1. The lowest BCUT2D eigenvalue weighted by molar-refractivity contribution is -0.113. The summed E-state index contributed by atoms with van der Waals surface area (Å²) in [7, 11) is 3.63. The Labute approximate surface area is 106 Å². The lowest BCUT2D eigenvalue weighted by atomic mass is 10.1. The van der Waals surface area contributed by atoms with Crippen LogP contribution in [0, 0.1) is 6.92 Å². The van der Waals surface area contributed by atoms with E-state index in [1.807, 2.05) is 32.2 Å². The molecule has 0 atom stereocenters. The van der Waals surface area contributed by atoms with Gasteiger partial charge in [-0.15, -0.1) is 0 Å². The van der Waals surface area contributed by atoms with Crippen molar-refractivity contribution in [2.24, 2.45) is 12.8 Å². The molecule has 0 unspecified atom stereocenters. The van der Waals surface area contributed by atoms with Crippen molar-refractivity contribution in [3.63, 3.8) is 0 Å². The van der Waals surface area contributed by atoms with E-state index in [2.05, 4.69) is 4.57 Å². The molecule has 0 radical (unpaired) electrons. The first-order chi connectivity index (χ1) is 8.54. The molecule has 1 aromatic carbocycles. The molecule has 4 heteroatoms. The second-order valence-electron chi connectivity index (χ2n) is 4.18.